The van der Waals surface area contributed by atoms with Crippen LogP contribution in [0.5, 0.6) is 0 Å². The zero-order chi connectivity index (χ0) is 29.6. The maximum atomic E-state index is 13.7. The Morgan fingerprint density at radius 1 is 1.20 bits per heavy atom. The topological polar surface area (TPSA) is 126 Å². The van der Waals surface area contributed by atoms with E-state index in [1.54, 1.807) is 39.8 Å². The molecule has 4 amide bonds. The maximum Gasteiger partial charge on any atom is 0.408 e. The van der Waals surface area contributed by atoms with E-state index >= 15 is 0 Å². The molecule has 3 aliphatic heterocycles. The highest BCUT2D eigenvalue weighted by molar-refractivity contribution is 5.94. The van der Waals surface area contributed by atoms with Crippen LogP contribution >= 0.6 is 0 Å². The number of hydrogen-bond donors (Lipinski definition) is 1. The number of nitriles is 1. The summed E-state index contributed by atoms with van der Waals surface area (Å²) >= 11 is 0. The standard InChI is InChI=1S/C30H40N6O5/c1-30(2,3)41-29(40)32-23(27(38)35-12-6-7-20(35)15-31)17-34-16-21-14-25(34)28(39)36(21)24-11-9-18-13-19(8-10-22(18)24)26(37)33(4)5/h8,10,13,20-21,23-25H,6-7,9,11-12,14,16-17H2,1-5H3,(H,32,40)/t20-,21-,23-,24-,25-/m0/s1. The third kappa shape index (κ3) is 5.62. The van der Waals surface area contributed by atoms with Gasteiger partial charge in [0, 0.05) is 45.3 Å². The lowest BCUT2D eigenvalue weighted by Crippen LogP contribution is -2.59. The largest absolute Gasteiger partial charge is 0.444 e. The van der Waals surface area contributed by atoms with Crippen molar-refractivity contribution in [1.82, 2.24) is 24.9 Å². The van der Waals surface area contributed by atoms with E-state index in [0.29, 0.717) is 31.5 Å². The number of alkyl carbamates (subject to hydrolysis) is 1. The molecule has 3 heterocycles. The Labute approximate surface area is 241 Å². The minimum Gasteiger partial charge on any atom is -0.444 e. The molecular weight excluding hydrogens is 524 g/mol. The zero-order valence-corrected chi connectivity index (χ0v) is 24.6. The minimum atomic E-state index is -0.931. The lowest BCUT2D eigenvalue weighted by atomic mass is 10.0. The molecule has 0 saturated carbocycles. The predicted molar refractivity (Wildman–Crippen MR) is 150 cm³/mol. The number of piperazine rings is 1. The van der Waals surface area contributed by atoms with Crippen LogP contribution in [-0.2, 0) is 20.7 Å². The third-order valence-electron chi connectivity index (χ3n) is 8.58. The molecule has 220 valence electrons. The van der Waals surface area contributed by atoms with Crippen molar-refractivity contribution >= 4 is 23.8 Å². The minimum absolute atomic E-state index is 0.00227. The number of nitrogens with one attached hydrogen (secondary N) is 1. The summed E-state index contributed by atoms with van der Waals surface area (Å²) in [5, 5.41) is 12.3. The molecule has 4 aliphatic rings. The molecular formula is C30H40N6O5. The summed E-state index contributed by atoms with van der Waals surface area (Å²) < 4.78 is 5.43. The van der Waals surface area contributed by atoms with E-state index in [9.17, 15) is 24.4 Å². The fourth-order valence-electron chi connectivity index (χ4n) is 6.81. The van der Waals surface area contributed by atoms with Crippen molar-refractivity contribution < 1.29 is 23.9 Å². The number of amides is 4. The van der Waals surface area contributed by atoms with Crippen LogP contribution in [0.25, 0.3) is 0 Å². The monoisotopic (exact) mass is 564 g/mol. The predicted octanol–water partition coefficient (Wildman–Crippen LogP) is 2.07. The molecule has 11 heteroatoms. The van der Waals surface area contributed by atoms with E-state index in [2.05, 4.69) is 11.4 Å². The van der Waals surface area contributed by atoms with E-state index in [1.807, 2.05) is 28.0 Å². The number of carbonyl (C=O) groups excluding carboxylic acids is 4. The van der Waals surface area contributed by atoms with Gasteiger partial charge in [-0.05, 0) is 76.1 Å². The highest BCUT2D eigenvalue weighted by Crippen LogP contribution is 2.44. The first-order valence-electron chi connectivity index (χ1n) is 14.5. The van der Waals surface area contributed by atoms with Gasteiger partial charge in [-0.3, -0.25) is 19.3 Å². The Hall–Kier alpha value is -3.65. The van der Waals surface area contributed by atoms with Gasteiger partial charge in [-0.25, -0.2) is 4.79 Å². The Kier molecular flexibility index (Phi) is 7.72. The molecule has 11 nitrogen and oxygen atoms in total. The van der Waals surface area contributed by atoms with Gasteiger partial charge in [-0.15, -0.1) is 0 Å². The van der Waals surface area contributed by atoms with Gasteiger partial charge >= 0.3 is 6.09 Å². The molecule has 1 aromatic carbocycles. The van der Waals surface area contributed by atoms with Crippen LogP contribution in [-0.4, -0.2) is 107 Å². The summed E-state index contributed by atoms with van der Waals surface area (Å²) in [5.74, 6) is -0.325. The van der Waals surface area contributed by atoms with Crippen molar-refractivity contribution in [2.45, 2.75) is 88.7 Å². The fourth-order valence-corrected chi connectivity index (χ4v) is 6.81. The van der Waals surface area contributed by atoms with Crippen molar-refractivity contribution in [2.75, 3.05) is 33.7 Å². The van der Waals surface area contributed by atoms with Gasteiger partial charge in [0.1, 0.15) is 17.7 Å². The average molecular weight is 565 g/mol. The molecule has 3 saturated heterocycles. The van der Waals surface area contributed by atoms with Gasteiger partial charge in [0.2, 0.25) is 11.8 Å². The first kappa shape index (κ1) is 28.9. The van der Waals surface area contributed by atoms with Gasteiger partial charge in [0.05, 0.1) is 18.2 Å². The summed E-state index contributed by atoms with van der Waals surface area (Å²) in [4.78, 5) is 59.5. The molecule has 41 heavy (non-hydrogen) atoms. The van der Waals surface area contributed by atoms with Crippen LogP contribution in [0.1, 0.15) is 74.0 Å². The van der Waals surface area contributed by atoms with Crippen molar-refractivity contribution in [3.05, 3.63) is 34.9 Å². The average Bonchev–Trinajstić information content (AvgIpc) is 3.69. The van der Waals surface area contributed by atoms with E-state index in [1.165, 1.54) is 4.90 Å². The fraction of sp³-hybridized carbons (Fsp3) is 0.633. The molecule has 1 aromatic rings. The quantitative estimate of drug-likeness (QED) is 0.561. The molecule has 2 bridgehead atoms. The molecule has 5 rings (SSSR count). The summed E-state index contributed by atoms with van der Waals surface area (Å²) in [6, 6.07) is 6.12. The molecule has 0 radical (unpaired) electrons. The number of fused-ring (bicyclic) bond motifs is 3. The molecule has 3 fully saturated rings. The second-order valence-corrected chi connectivity index (χ2v) is 12.8. The number of nitrogens with zero attached hydrogens (tertiary/aromatic N) is 5. The van der Waals surface area contributed by atoms with Crippen molar-refractivity contribution in [2.24, 2.45) is 0 Å². The highest BCUT2D eigenvalue weighted by Gasteiger charge is 2.53. The molecule has 0 aromatic heterocycles. The lowest BCUT2D eigenvalue weighted by molar-refractivity contribution is -0.141. The number of benzene rings is 1. The first-order chi connectivity index (χ1) is 19.4. The SMILES string of the molecule is CN(C)C(=O)c1ccc2c(c1)CC[C@@H]2N1C(=O)[C@@H]2C[C@H]1CN2C[C@H](NC(=O)OC(C)(C)C)C(=O)N1CCC[C@H]1C#N. The van der Waals surface area contributed by atoms with E-state index < -0.39 is 23.8 Å². The van der Waals surface area contributed by atoms with Gasteiger partial charge in [-0.2, -0.15) is 5.26 Å². The van der Waals surface area contributed by atoms with Gasteiger partial charge in [0.15, 0.2) is 0 Å². The normalized spacial score (nSPS) is 26.1. The van der Waals surface area contributed by atoms with Gasteiger partial charge < -0.3 is 24.8 Å². The second-order valence-electron chi connectivity index (χ2n) is 12.8. The van der Waals surface area contributed by atoms with Crippen LogP contribution in [0.4, 0.5) is 4.79 Å². The molecule has 1 aliphatic carbocycles. The van der Waals surface area contributed by atoms with Crippen LogP contribution < -0.4 is 5.32 Å². The van der Waals surface area contributed by atoms with E-state index in [-0.39, 0.29) is 42.4 Å². The Bertz CT molecular complexity index is 1280. The summed E-state index contributed by atoms with van der Waals surface area (Å²) in [6.07, 6.45) is 2.94. The number of carbonyl (C=O) groups is 4. The number of likely N-dealkylation sites (tertiary alicyclic amines) is 3. The third-order valence-corrected chi connectivity index (χ3v) is 8.58. The number of rotatable bonds is 6. The summed E-state index contributed by atoms with van der Waals surface area (Å²) in [6.45, 7) is 6.50. The number of ether oxygens (including phenoxy) is 1. The van der Waals surface area contributed by atoms with Crippen LogP contribution in [0.15, 0.2) is 18.2 Å². The van der Waals surface area contributed by atoms with E-state index in [0.717, 1.165) is 30.4 Å². The number of aryl methyl sites for hydroxylation is 1. The van der Waals surface area contributed by atoms with Crippen LogP contribution in [0.2, 0.25) is 0 Å². The van der Waals surface area contributed by atoms with E-state index in [4.69, 9.17) is 4.74 Å². The maximum absolute atomic E-state index is 13.7. The van der Waals surface area contributed by atoms with Gasteiger partial charge in [-0.1, -0.05) is 6.07 Å². The van der Waals surface area contributed by atoms with Crippen molar-refractivity contribution in [3.63, 3.8) is 0 Å². The molecule has 0 unspecified atom stereocenters. The lowest BCUT2D eigenvalue weighted by Gasteiger charge is -2.39. The number of hydrogen-bond acceptors (Lipinski definition) is 7. The molecule has 5 atom stereocenters. The van der Waals surface area contributed by atoms with Crippen LogP contribution in [0, 0.1) is 11.3 Å². The molecule has 1 N–H and O–H groups in total. The van der Waals surface area contributed by atoms with Crippen molar-refractivity contribution in [3.8, 4) is 6.07 Å². The van der Waals surface area contributed by atoms with Crippen LogP contribution in [0.3, 0.4) is 0 Å². The molecule has 0 spiro atoms. The first-order valence-corrected chi connectivity index (χ1v) is 14.5. The summed E-state index contributed by atoms with van der Waals surface area (Å²) in [7, 11) is 3.47. The Morgan fingerprint density at radius 2 is 1.95 bits per heavy atom. The Morgan fingerprint density at radius 3 is 2.61 bits per heavy atom. The van der Waals surface area contributed by atoms with Gasteiger partial charge in [0.25, 0.3) is 5.91 Å². The smallest absolute Gasteiger partial charge is 0.408 e. The Balaban J connectivity index is 1.30. The summed E-state index contributed by atoms with van der Waals surface area (Å²) in [5.41, 5.74) is 2.13. The highest BCUT2D eigenvalue weighted by atomic mass is 16.6. The second kappa shape index (κ2) is 11.0. The zero-order valence-electron chi connectivity index (χ0n) is 24.6. The van der Waals surface area contributed by atoms with Crippen molar-refractivity contribution in [1.29, 1.82) is 5.26 Å².